The molecule has 0 saturated carbocycles. The maximum absolute atomic E-state index is 12.8. The second kappa shape index (κ2) is 4.30. The molecule has 2 rings (SSSR count). The maximum Gasteiger partial charge on any atom is 0.127 e. The molecule has 0 aliphatic carbocycles. The number of nitrogens with zero attached hydrogens (tertiary/aromatic N) is 3. The molecule has 0 fully saturated rings. The molecular formula is C11H12FN3O. The molecule has 0 amide bonds. The van der Waals surface area contributed by atoms with E-state index in [0.717, 1.165) is 12.5 Å². The summed E-state index contributed by atoms with van der Waals surface area (Å²) < 4.78 is 14.5. The van der Waals surface area contributed by atoms with Gasteiger partial charge in [0.25, 0.3) is 0 Å². The van der Waals surface area contributed by atoms with Crippen LogP contribution in [0.15, 0.2) is 24.4 Å². The Balaban J connectivity index is 2.46. The number of rotatable bonds is 3. The fourth-order valence-corrected chi connectivity index (χ4v) is 1.56. The molecule has 16 heavy (non-hydrogen) atoms. The van der Waals surface area contributed by atoms with Crippen molar-refractivity contribution >= 4 is 0 Å². The zero-order valence-corrected chi connectivity index (χ0v) is 8.89. The number of aromatic hydroxyl groups is 1. The van der Waals surface area contributed by atoms with Gasteiger partial charge in [-0.15, -0.1) is 5.10 Å². The van der Waals surface area contributed by atoms with Crippen molar-refractivity contribution in [3.8, 4) is 17.0 Å². The monoisotopic (exact) mass is 221 g/mol. The topological polar surface area (TPSA) is 50.9 Å². The Bertz CT molecular complexity index is 496. The predicted molar refractivity (Wildman–Crippen MR) is 57.4 cm³/mol. The Morgan fingerprint density at radius 1 is 1.44 bits per heavy atom. The van der Waals surface area contributed by atoms with Gasteiger partial charge in [-0.3, -0.25) is 0 Å². The molecule has 1 aromatic carbocycles. The molecule has 0 saturated heterocycles. The van der Waals surface area contributed by atoms with E-state index in [1.165, 1.54) is 12.1 Å². The fraction of sp³-hybridized carbons (Fsp3) is 0.273. The predicted octanol–water partition coefficient (Wildman–Crippen LogP) is 2.20. The molecule has 0 bridgehead atoms. The number of benzene rings is 1. The van der Waals surface area contributed by atoms with Crippen LogP contribution in [0, 0.1) is 5.82 Å². The van der Waals surface area contributed by atoms with Crippen molar-refractivity contribution in [2.24, 2.45) is 0 Å². The summed E-state index contributed by atoms with van der Waals surface area (Å²) in [5, 5.41) is 17.3. The fourth-order valence-electron chi connectivity index (χ4n) is 1.56. The van der Waals surface area contributed by atoms with E-state index in [4.69, 9.17) is 0 Å². The Labute approximate surface area is 92.3 Å². The van der Waals surface area contributed by atoms with E-state index in [1.54, 1.807) is 10.9 Å². The molecule has 0 aliphatic rings. The number of aryl methyl sites for hydroxylation is 1. The van der Waals surface area contributed by atoms with E-state index in [1.807, 2.05) is 6.92 Å². The van der Waals surface area contributed by atoms with Gasteiger partial charge < -0.3 is 5.11 Å². The summed E-state index contributed by atoms with van der Waals surface area (Å²) in [6.07, 6.45) is 2.47. The Kier molecular flexibility index (Phi) is 2.85. The molecule has 1 heterocycles. The summed E-state index contributed by atoms with van der Waals surface area (Å²) in [7, 11) is 0. The summed E-state index contributed by atoms with van der Waals surface area (Å²) in [5.41, 5.74) is 1.24. The first-order chi connectivity index (χ1) is 7.72. The van der Waals surface area contributed by atoms with Gasteiger partial charge in [-0.1, -0.05) is 12.1 Å². The van der Waals surface area contributed by atoms with Crippen LogP contribution >= 0.6 is 0 Å². The van der Waals surface area contributed by atoms with Crippen molar-refractivity contribution in [3.63, 3.8) is 0 Å². The number of hydrogen-bond acceptors (Lipinski definition) is 3. The SMILES string of the molecule is CCCn1nncc1-c1ccc(F)cc1O. The molecule has 0 radical (unpaired) electrons. The van der Waals surface area contributed by atoms with Gasteiger partial charge in [-0.25, -0.2) is 9.07 Å². The molecule has 2 aromatic rings. The number of halogens is 1. The third-order valence-electron chi connectivity index (χ3n) is 2.29. The molecule has 1 aromatic heterocycles. The van der Waals surface area contributed by atoms with Crippen LogP contribution < -0.4 is 0 Å². The van der Waals surface area contributed by atoms with Crippen LogP contribution in [0.3, 0.4) is 0 Å². The molecule has 0 spiro atoms. The maximum atomic E-state index is 12.8. The van der Waals surface area contributed by atoms with Crippen molar-refractivity contribution in [3.05, 3.63) is 30.2 Å². The minimum atomic E-state index is -0.462. The molecule has 0 atom stereocenters. The second-order valence-electron chi connectivity index (χ2n) is 3.50. The van der Waals surface area contributed by atoms with Crippen LogP contribution in [0.2, 0.25) is 0 Å². The van der Waals surface area contributed by atoms with Crippen LogP contribution in [0.5, 0.6) is 5.75 Å². The van der Waals surface area contributed by atoms with Crippen LogP contribution in [0.4, 0.5) is 4.39 Å². The van der Waals surface area contributed by atoms with Gasteiger partial charge in [0.2, 0.25) is 0 Å². The average Bonchev–Trinajstić information content (AvgIpc) is 2.67. The molecule has 4 nitrogen and oxygen atoms in total. The number of phenolic OH excluding ortho intramolecular Hbond substituents is 1. The van der Waals surface area contributed by atoms with Crippen molar-refractivity contribution in [2.45, 2.75) is 19.9 Å². The molecule has 84 valence electrons. The lowest BCUT2D eigenvalue weighted by Crippen LogP contribution is -2.01. The van der Waals surface area contributed by atoms with Gasteiger partial charge in [0, 0.05) is 18.2 Å². The minimum absolute atomic E-state index is 0.0975. The van der Waals surface area contributed by atoms with Crippen LogP contribution in [0.25, 0.3) is 11.3 Å². The minimum Gasteiger partial charge on any atom is -0.507 e. The summed E-state index contributed by atoms with van der Waals surface area (Å²) in [6, 6.07) is 3.91. The van der Waals surface area contributed by atoms with E-state index >= 15 is 0 Å². The van der Waals surface area contributed by atoms with E-state index < -0.39 is 5.82 Å². The summed E-state index contributed by atoms with van der Waals surface area (Å²) >= 11 is 0. The molecule has 1 N–H and O–H groups in total. The summed E-state index contributed by atoms with van der Waals surface area (Å²) in [6.45, 7) is 2.74. The normalized spacial score (nSPS) is 10.6. The summed E-state index contributed by atoms with van der Waals surface area (Å²) in [5.74, 6) is -0.560. The first-order valence-corrected chi connectivity index (χ1v) is 5.09. The molecular weight excluding hydrogens is 209 g/mol. The van der Waals surface area contributed by atoms with E-state index in [2.05, 4.69) is 10.3 Å². The van der Waals surface area contributed by atoms with E-state index in [0.29, 0.717) is 17.8 Å². The van der Waals surface area contributed by atoms with Crippen molar-refractivity contribution in [2.75, 3.05) is 0 Å². The van der Waals surface area contributed by atoms with E-state index in [-0.39, 0.29) is 5.75 Å². The van der Waals surface area contributed by atoms with Crippen LogP contribution in [-0.2, 0) is 6.54 Å². The van der Waals surface area contributed by atoms with Gasteiger partial charge in [0.15, 0.2) is 0 Å². The number of phenols is 1. The average molecular weight is 221 g/mol. The van der Waals surface area contributed by atoms with Crippen LogP contribution in [0.1, 0.15) is 13.3 Å². The smallest absolute Gasteiger partial charge is 0.127 e. The van der Waals surface area contributed by atoms with E-state index in [9.17, 15) is 9.50 Å². The zero-order chi connectivity index (χ0) is 11.5. The van der Waals surface area contributed by atoms with Gasteiger partial charge in [0.05, 0.1) is 11.9 Å². The van der Waals surface area contributed by atoms with Gasteiger partial charge in [-0.05, 0) is 18.6 Å². The lowest BCUT2D eigenvalue weighted by atomic mass is 10.1. The number of hydrogen-bond donors (Lipinski definition) is 1. The van der Waals surface area contributed by atoms with Crippen molar-refractivity contribution in [1.82, 2.24) is 15.0 Å². The quantitative estimate of drug-likeness (QED) is 0.864. The Morgan fingerprint density at radius 3 is 2.94 bits per heavy atom. The molecule has 5 heteroatoms. The first-order valence-electron chi connectivity index (χ1n) is 5.09. The Hall–Kier alpha value is -1.91. The van der Waals surface area contributed by atoms with Crippen molar-refractivity contribution in [1.29, 1.82) is 0 Å². The third kappa shape index (κ3) is 1.88. The zero-order valence-electron chi connectivity index (χ0n) is 8.89. The molecule has 0 unspecified atom stereocenters. The highest BCUT2D eigenvalue weighted by Crippen LogP contribution is 2.28. The first kappa shape index (κ1) is 10.6. The van der Waals surface area contributed by atoms with Gasteiger partial charge >= 0.3 is 0 Å². The largest absolute Gasteiger partial charge is 0.507 e. The lowest BCUT2D eigenvalue weighted by molar-refractivity contribution is 0.470. The molecule has 0 aliphatic heterocycles. The standard InChI is InChI=1S/C11H12FN3O/c1-2-5-15-10(7-13-14-15)9-4-3-8(12)6-11(9)16/h3-4,6-7,16H,2,5H2,1H3. The second-order valence-corrected chi connectivity index (χ2v) is 3.50. The number of aromatic nitrogens is 3. The van der Waals surface area contributed by atoms with Crippen LogP contribution in [-0.4, -0.2) is 20.1 Å². The third-order valence-corrected chi connectivity index (χ3v) is 2.29. The highest BCUT2D eigenvalue weighted by Gasteiger charge is 2.10. The summed E-state index contributed by atoms with van der Waals surface area (Å²) in [4.78, 5) is 0. The highest BCUT2D eigenvalue weighted by atomic mass is 19.1. The van der Waals surface area contributed by atoms with Gasteiger partial charge in [0.1, 0.15) is 11.6 Å². The van der Waals surface area contributed by atoms with Crippen molar-refractivity contribution < 1.29 is 9.50 Å². The lowest BCUT2D eigenvalue weighted by Gasteiger charge is -2.06. The van der Waals surface area contributed by atoms with Gasteiger partial charge in [-0.2, -0.15) is 0 Å². The highest BCUT2D eigenvalue weighted by molar-refractivity contribution is 5.66. The Morgan fingerprint density at radius 2 is 2.25 bits per heavy atom.